The molecule has 1 unspecified atom stereocenters. The van der Waals surface area contributed by atoms with Crippen molar-refractivity contribution in [3.63, 3.8) is 0 Å². The first-order valence-corrected chi connectivity index (χ1v) is 5.12. The second kappa shape index (κ2) is 5.01. The molecule has 0 aliphatic carbocycles. The maximum atomic E-state index is 5.65. The molecule has 0 amide bonds. The van der Waals surface area contributed by atoms with Crippen LogP contribution in [0.15, 0.2) is 18.2 Å². The fourth-order valence-electron chi connectivity index (χ4n) is 1.46. The van der Waals surface area contributed by atoms with Crippen molar-refractivity contribution in [2.24, 2.45) is 5.73 Å². The molecule has 0 bridgehead atoms. The van der Waals surface area contributed by atoms with Crippen LogP contribution in [0.1, 0.15) is 30.9 Å². The van der Waals surface area contributed by atoms with E-state index in [9.17, 15) is 0 Å². The van der Waals surface area contributed by atoms with Crippen LogP contribution in [-0.4, -0.2) is 13.2 Å². The summed E-state index contributed by atoms with van der Waals surface area (Å²) in [6, 6.07) is 6.28. The normalized spacial score (nSPS) is 12.6. The summed E-state index contributed by atoms with van der Waals surface area (Å²) < 4.78 is 5.59. The molecule has 2 heteroatoms. The minimum atomic E-state index is 0.358. The lowest BCUT2D eigenvalue weighted by atomic mass is 9.99. The highest BCUT2D eigenvalue weighted by atomic mass is 16.5. The average molecular weight is 193 g/mol. The minimum Gasteiger partial charge on any atom is -0.494 e. The number of aryl methyl sites for hydroxylation is 1. The van der Waals surface area contributed by atoms with Gasteiger partial charge in [-0.25, -0.2) is 0 Å². The van der Waals surface area contributed by atoms with Gasteiger partial charge in [0.2, 0.25) is 0 Å². The van der Waals surface area contributed by atoms with Gasteiger partial charge in [-0.05, 0) is 43.5 Å². The molecule has 14 heavy (non-hydrogen) atoms. The molecule has 78 valence electrons. The lowest BCUT2D eigenvalue weighted by Gasteiger charge is -2.15. The Morgan fingerprint density at radius 1 is 1.43 bits per heavy atom. The van der Waals surface area contributed by atoms with E-state index < -0.39 is 0 Å². The number of hydrogen-bond acceptors (Lipinski definition) is 2. The molecule has 2 nitrogen and oxygen atoms in total. The maximum absolute atomic E-state index is 5.65. The Kier molecular flexibility index (Phi) is 3.96. The largest absolute Gasteiger partial charge is 0.494 e. The van der Waals surface area contributed by atoms with Crippen molar-refractivity contribution in [1.82, 2.24) is 0 Å². The molecule has 1 aromatic rings. The summed E-state index contributed by atoms with van der Waals surface area (Å²) in [5.41, 5.74) is 8.08. The van der Waals surface area contributed by atoms with E-state index in [-0.39, 0.29) is 0 Å². The van der Waals surface area contributed by atoms with Crippen LogP contribution in [0.4, 0.5) is 0 Å². The smallest absolute Gasteiger partial charge is 0.123 e. The second-order valence-corrected chi connectivity index (χ2v) is 3.61. The maximum Gasteiger partial charge on any atom is 0.123 e. The highest BCUT2D eigenvalue weighted by molar-refractivity contribution is 5.39. The Bertz CT molecular complexity index is 296. The van der Waals surface area contributed by atoms with E-state index in [2.05, 4.69) is 32.0 Å². The number of ether oxygens (including phenoxy) is 1. The van der Waals surface area contributed by atoms with E-state index in [4.69, 9.17) is 10.5 Å². The predicted molar refractivity (Wildman–Crippen MR) is 59.8 cm³/mol. The van der Waals surface area contributed by atoms with E-state index >= 15 is 0 Å². The topological polar surface area (TPSA) is 35.2 Å². The molecule has 0 aromatic heterocycles. The molecule has 2 N–H and O–H groups in total. The average Bonchev–Trinajstić information content (AvgIpc) is 2.17. The quantitative estimate of drug-likeness (QED) is 0.797. The zero-order chi connectivity index (χ0) is 10.6. The minimum absolute atomic E-state index is 0.358. The fraction of sp³-hybridized carbons (Fsp3) is 0.500. The summed E-state index contributed by atoms with van der Waals surface area (Å²) in [6.07, 6.45) is 0. The zero-order valence-corrected chi connectivity index (χ0v) is 9.21. The van der Waals surface area contributed by atoms with E-state index in [0.29, 0.717) is 19.1 Å². The lowest BCUT2D eigenvalue weighted by Crippen LogP contribution is -2.10. The van der Waals surface area contributed by atoms with Crippen molar-refractivity contribution < 1.29 is 4.74 Å². The summed E-state index contributed by atoms with van der Waals surface area (Å²) in [6.45, 7) is 7.54. The van der Waals surface area contributed by atoms with Crippen LogP contribution >= 0.6 is 0 Å². The Balaban J connectivity index is 3.01. The predicted octanol–water partition coefficient (Wildman–Crippen LogP) is 2.46. The van der Waals surface area contributed by atoms with Gasteiger partial charge in [0.1, 0.15) is 5.75 Å². The molecule has 0 spiro atoms. The molecule has 0 heterocycles. The Hall–Kier alpha value is -1.02. The van der Waals surface area contributed by atoms with Gasteiger partial charge in [0.05, 0.1) is 6.61 Å². The van der Waals surface area contributed by atoms with Crippen LogP contribution in [0, 0.1) is 6.92 Å². The summed E-state index contributed by atoms with van der Waals surface area (Å²) in [4.78, 5) is 0. The molecule has 0 aliphatic heterocycles. The third-order valence-corrected chi connectivity index (χ3v) is 2.35. The highest BCUT2D eigenvalue weighted by Gasteiger charge is 2.09. The SMILES string of the molecule is CCOc1cc(C)ccc1C(C)CN. The monoisotopic (exact) mass is 193 g/mol. The first kappa shape index (κ1) is 11.1. The first-order chi connectivity index (χ1) is 6.69. The van der Waals surface area contributed by atoms with Crippen molar-refractivity contribution in [2.45, 2.75) is 26.7 Å². The van der Waals surface area contributed by atoms with Crippen molar-refractivity contribution in [3.8, 4) is 5.75 Å². The van der Waals surface area contributed by atoms with Gasteiger partial charge in [-0.3, -0.25) is 0 Å². The van der Waals surface area contributed by atoms with Crippen LogP contribution in [0.5, 0.6) is 5.75 Å². The summed E-state index contributed by atoms with van der Waals surface area (Å²) >= 11 is 0. The summed E-state index contributed by atoms with van der Waals surface area (Å²) in [7, 11) is 0. The van der Waals surface area contributed by atoms with Gasteiger partial charge in [-0.1, -0.05) is 19.1 Å². The molecule has 1 aromatic carbocycles. The van der Waals surface area contributed by atoms with E-state index in [0.717, 1.165) is 5.75 Å². The van der Waals surface area contributed by atoms with Gasteiger partial charge in [-0.2, -0.15) is 0 Å². The van der Waals surface area contributed by atoms with Gasteiger partial charge in [-0.15, -0.1) is 0 Å². The molecular weight excluding hydrogens is 174 g/mol. The fourth-order valence-corrected chi connectivity index (χ4v) is 1.46. The van der Waals surface area contributed by atoms with Crippen molar-refractivity contribution >= 4 is 0 Å². The van der Waals surface area contributed by atoms with Crippen LogP contribution in [0.25, 0.3) is 0 Å². The molecule has 0 saturated heterocycles. The molecule has 0 aliphatic rings. The van der Waals surface area contributed by atoms with Gasteiger partial charge in [0.15, 0.2) is 0 Å². The number of benzene rings is 1. The summed E-state index contributed by atoms with van der Waals surface area (Å²) in [5.74, 6) is 1.34. The Morgan fingerprint density at radius 2 is 2.14 bits per heavy atom. The second-order valence-electron chi connectivity index (χ2n) is 3.61. The molecule has 0 radical (unpaired) electrons. The van der Waals surface area contributed by atoms with Crippen molar-refractivity contribution in [3.05, 3.63) is 29.3 Å². The number of rotatable bonds is 4. The molecule has 1 atom stereocenters. The summed E-state index contributed by atoms with van der Waals surface area (Å²) in [5, 5.41) is 0. The zero-order valence-electron chi connectivity index (χ0n) is 9.21. The van der Waals surface area contributed by atoms with Crippen molar-refractivity contribution in [2.75, 3.05) is 13.2 Å². The molecule has 0 fully saturated rings. The first-order valence-electron chi connectivity index (χ1n) is 5.12. The number of hydrogen-bond donors (Lipinski definition) is 1. The molecular formula is C12H19NO. The lowest BCUT2D eigenvalue weighted by molar-refractivity contribution is 0.334. The van der Waals surface area contributed by atoms with Gasteiger partial charge >= 0.3 is 0 Å². The van der Waals surface area contributed by atoms with Crippen LogP contribution in [0.3, 0.4) is 0 Å². The van der Waals surface area contributed by atoms with Gasteiger partial charge in [0, 0.05) is 0 Å². The highest BCUT2D eigenvalue weighted by Crippen LogP contribution is 2.27. The Morgan fingerprint density at radius 3 is 2.71 bits per heavy atom. The van der Waals surface area contributed by atoms with Crippen LogP contribution in [0.2, 0.25) is 0 Å². The van der Waals surface area contributed by atoms with Gasteiger partial charge < -0.3 is 10.5 Å². The Labute approximate surface area is 86.1 Å². The van der Waals surface area contributed by atoms with Crippen LogP contribution < -0.4 is 10.5 Å². The van der Waals surface area contributed by atoms with Crippen molar-refractivity contribution in [1.29, 1.82) is 0 Å². The third-order valence-electron chi connectivity index (χ3n) is 2.35. The number of nitrogens with two attached hydrogens (primary N) is 1. The van der Waals surface area contributed by atoms with E-state index in [1.54, 1.807) is 0 Å². The van der Waals surface area contributed by atoms with Gasteiger partial charge in [0.25, 0.3) is 0 Å². The molecule has 0 saturated carbocycles. The molecule has 1 rings (SSSR count). The van der Waals surface area contributed by atoms with E-state index in [1.807, 2.05) is 6.92 Å². The standard InChI is InChI=1S/C12H19NO/c1-4-14-12-7-9(2)5-6-11(12)10(3)8-13/h5-7,10H,4,8,13H2,1-3H3. The van der Waals surface area contributed by atoms with E-state index in [1.165, 1.54) is 11.1 Å². The van der Waals surface area contributed by atoms with Crippen LogP contribution in [-0.2, 0) is 0 Å². The third kappa shape index (κ3) is 2.48.